The van der Waals surface area contributed by atoms with E-state index in [1.807, 2.05) is 19.1 Å². The van der Waals surface area contributed by atoms with E-state index in [9.17, 15) is 0 Å². The van der Waals surface area contributed by atoms with Gasteiger partial charge in [-0.05, 0) is 63.4 Å². The van der Waals surface area contributed by atoms with Crippen LogP contribution < -0.4 is 10.1 Å². The van der Waals surface area contributed by atoms with E-state index in [0.29, 0.717) is 12.5 Å². The number of ether oxygens (including phenoxy) is 1. The Morgan fingerprint density at radius 2 is 2.00 bits per heavy atom. The van der Waals surface area contributed by atoms with Crippen molar-refractivity contribution in [3.63, 3.8) is 0 Å². The van der Waals surface area contributed by atoms with E-state index >= 15 is 0 Å². The number of nitrogens with one attached hydrogen (secondary N) is 1. The first kappa shape index (κ1) is 24.0. The van der Waals surface area contributed by atoms with Gasteiger partial charge in [0.05, 0.1) is 6.61 Å². The summed E-state index contributed by atoms with van der Waals surface area (Å²) in [6.07, 6.45) is 2.51. The molecule has 5 nitrogen and oxygen atoms in total. The Morgan fingerprint density at radius 3 is 2.63 bits per heavy atom. The van der Waals surface area contributed by atoms with Crippen molar-refractivity contribution in [2.75, 3.05) is 46.4 Å². The highest BCUT2D eigenvalue weighted by Gasteiger charge is 2.21. The maximum atomic E-state index is 5.52. The normalized spacial score (nSPS) is 17.5. The standard InChI is InChI=1S/C21H36N4O.HI/c1-5-13-25-14-12-19(17-25)15-23-21(22-6-2)24(4)16-18-8-10-20(11-9-18)26-7-3;/h8-11,19H,5-7,12-17H2,1-4H3,(H,22,23);1H. The van der Waals surface area contributed by atoms with Gasteiger partial charge in [0.1, 0.15) is 5.75 Å². The Morgan fingerprint density at radius 1 is 1.26 bits per heavy atom. The lowest BCUT2D eigenvalue weighted by atomic mass is 10.1. The predicted molar refractivity (Wildman–Crippen MR) is 125 cm³/mol. The van der Waals surface area contributed by atoms with E-state index in [-0.39, 0.29) is 24.0 Å². The molecule has 1 atom stereocenters. The minimum absolute atomic E-state index is 0. The van der Waals surface area contributed by atoms with Crippen molar-refractivity contribution < 1.29 is 4.74 Å². The van der Waals surface area contributed by atoms with Crippen molar-refractivity contribution in [1.82, 2.24) is 15.1 Å². The van der Waals surface area contributed by atoms with Crippen LogP contribution in [-0.2, 0) is 6.54 Å². The summed E-state index contributed by atoms with van der Waals surface area (Å²) in [7, 11) is 2.11. The Labute approximate surface area is 182 Å². The maximum Gasteiger partial charge on any atom is 0.193 e. The van der Waals surface area contributed by atoms with Crippen LogP contribution in [-0.4, -0.2) is 62.1 Å². The van der Waals surface area contributed by atoms with Crippen molar-refractivity contribution >= 4 is 29.9 Å². The number of guanidine groups is 1. The highest BCUT2D eigenvalue weighted by atomic mass is 127. The summed E-state index contributed by atoms with van der Waals surface area (Å²) < 4.78 is 5.52. The molecule has 1 heterocycles. The van der Waals surface area contributed by atoms with Crippen molar-refractivity contribution in [3.05, 3.63) is 29.8 Å². The molecule has 1 aliphatic rings. The van der Waals surface area contributed by atoms with Gasteiger partial charge in [0.15, 0.2) is 5.96 Å². The molecule has 27 heavy (non-hydrogen) atoms. The fraction of sp³-hybridized carbons (Fsp3) is 0.667. The summed E-state index contributed by atoms with van der Waals surface area (Å²) in [6.45, 7) is 13.4. The van der Waals surface area contributed by atoms with E-state index in [0.717, 1.165) is 31.3 Å². The summed E-state index contributed by atoms with van der Waals surface area (Å²) in [5.74, 6) is 2.61. The van der Waals surface area contributed by atoms with Gasteiger partial charge in [0.25, 0.3) is 0 Å². The first-order chi connectivity index (χ1) is 12.7. The van der Waals surface area contributed by atoms with Gasteiger partial charge < -0.3 is 19.9 Å². The first-order valence-corrected chi connectivity index (χ1v) is 10.1. The second-order valence-corrected chi connectivity index (χ2v) is 7.08. The quantitative estimate of drug-likeness (QED) is 0.326. The molecule has 2 rings (SSSR count). The molecule has 1 aromatic rings. The van der Waals surface area contributed by atoms with Crippen molar-refractivity contribution in [2.24, 2.45) is 10.9 Å². The van der Waals surface area contributed by atoms with Gasteiger partial charge in [0, 0.05) is 33.2 Å². The van der Waals surface area contributed by atoms with E-state index < -0.39 is 0 Å². The van der Waals surface area contributed by atoms with Gasteiger partial charge in [-0.25, -0.2) is 0 Å². The van der Waals surface area contributed by atoms with Crippen molar-refractivity contribution in [3.8, 4) is 5.75 Å². The van der Waals surface area contributed by atoms with Crippen LogP contribution in [0, 0.1) is 5.92 Å². The summed E-state index contributed by atoms with van der Waals surface area (Å²) in [4.78, 5) is 9.69. The van der Waals surface area contributed by atoms with Crippen molar-refractivity contribution in [1.29, 1.82) is 0 Å². The SMILES string of the molecule is CCCN1CCC(CN=C(NCC)N(C)Cc2ccc(OCC)cc2)C1.I. The van der Waals surface area contributed by atoms with Crippen LogP contribution in [0.4, 0.5) is 0 Å². The highest BCUT2D eigenvalue weighted by molar-refractivity contribution is 14.0. The van der Waals surface area contributed by atoms with Crippen molar-refractivity contribution in [2.45, 2.75) is 40.2 Å². The van der Waals surface area contributed by atoms with Gasteiger partial charge in [-0.3, -0.25) is 4.99 Å². The summed E-state index contributed by atoms with van der Waals surface area (Å²) in [5.41, 5.74) is 1.26. The Hall–Kier alpha value is -1.02. The smallest absolute Gasteiger partial charge is 0.193 e. The van der Waals surface area contributed by atoms with E-state index in [4.69, 9.17) is 9.73 Å². The van der Waals surface area contributed by atoms with E-state index in [1.165, 1.54) is 38.0 Å². The molecule has 1 fully saturated rings. The summed E-state index contributed by atoms with van der Waals surface area (Å²) in [6, 6.07) is 8.34. The minimum atomic E-state index is 0. The lowest BCUT2D eigenvalue weighted by Gasteiger charge is -2.23. The molecule has 0 bridgehead atoms. The Balaban J connectivity index is 0.00000364. The van der Waals surface area contributed by atoms with Crippen LogP contribution in [0.25, 0.3) is 0 Å². The van der Waals surface area contributed by atoms with E-state index in [2.05, 4.69) is 48.1 Å². The summed E-state index contributed by atoms with van der Waals surface area (Å²) >= 11 is 0. The molecule has 0 aliphatic carbocycles. The lowest BCUT2D eigenvalue weighted by Crippen LogP contribution is -2.39. The van der Waals surface area contributed by atoms with Crippen LogP contribution in [0.2, 0.25) is 0 Å². The molecule has 0 spiro atoms. The molecule has 0 amide bonds. The number of nitrogens with zero attached hydrogens (tertiary/aromatic N) is 3. The van der Waals surface area contributed by atoms with Gasteiger partial charge in [-0.2, -0.15) is 0 Å². The molecule has 1 N–H and O–H groups in total. The van der Waals surface area contributed by atoms with Gasteiger partial charge in [0.2, 0.25) is 0 Å². The molecule has 154 valence electrons. The largest absolute Gasteiger partial charge is 0.494 e. The van der Waals surface area contributed by atoms with Crippen LogP contribution >= 0.6 is 24.0 Å². The third kappa shape index (κ3) is 8.25. The molecule has 1 saturated heterocycles. The zero-order chi connectivity index (χ0) is 18.8. The van der Waals surface area contributed by atoms with Gasteiger partial charge in [-0.1, -0.05) is 19.1 Å². The number of rotatable bonds is 9. The zero-order valence-electron chi connectivity index (χ0n) is 17.4. The fourth-order valence-corrected chi connectivity index (χ4v) is 3.47. The number of hydrogen-bond acceptors (Lipinski definition) is 3. The number of halogens is 1. The summed E-state index contributed by atoms with van der Waals surface area (Å²) in [5, 5.41) is 3.43. The lowest BCUT2D eigenvalue weighted by molar-refractivity contribution is 0.326. The van der Waals surface area contributed by atoms with Gasteiger partial charge >= 0.3 is 0 Å². The highest BCUT2D eigenvalue weighted by Crippen LogP contribution is 2.17. The topological polar surface area (TPSA) is 40.1 Å². The molecule has 1 aliphatic heterocycles. The van der Waals surface area contributed by atoms with Crippen LogP contribution in [0.5, 0.6) is 5.75 Å². The van der Waals surface area contributed by atoms with Crippen LogP contribution in [0.3, 0.4) is 0 Å². The second kappa shape index (κ2) is 13.2. The predicted octanol–water partition coefficient (Wildman–Crippen LogP) is 3.83. The monoisotopic (exact) mass is 488 g/mol. The average Bonchev–Trinajstić information content (AvgIpc) is 3.08. The number of likely N-dealkylation sites (tertiary alicyclic amines) is 1. The van der Waals surface area contributed by atoms with Crippen LogP contribution in [0.15, 0.2) is 29.3 Å². The number of aliphatic imine (C=N–C) groups is 1. The second-order valence-electron chi connectivity index (χ2n) is 7.08. The maximum absolute atomic E-state index is 5.52. The number of benzene rings is 1. The molecule has 0 aromatic heterocycles. The zero-order valence-corrected chi connectivity index (χ0v) is 19.7. The molecule has 0 saturated carbocycles. The van der Waals surface area contributed by atoms with Gasteiger partial charge in [-0.15, -0.1) is 24.0 Å². The average molecular weight is 488 g/mol. The minimum Gasteiger partial charge on any atom is -0.494 e. The Kier molecular flexibility index (Phi) is 11.7. The molecule has 0 radical (unpaired) electrons. The number of hydrogen-bond donors (Lipinski definition) is 1. The first-order valence-electron chi connectivity index (χ1n) is 10.1. The third-order valence-corrected chi connectivity index (χ3v) is 4.76. The fourth-order valence-electron chi connectivity index (χ4n) is 3.47. The molecular formula is C21H37IN4O. The van der Waals surface area contributed by atoms with Crippen LogP contribution in [0.1, 0.15) is 39.2 Å². The Bertz CT molecular complexity index is 550. The van der Waals surface area contributed by atoms with E-state index in [1.54, 1.807) is 0 Å². The third-order valence-electron chi connectivity index (χ3n) is 4.76. The molecule has 6 heteroatoms. The molecule has 1 unspecified atom stereocenters. The molecule has 1 aromatic carbocycles. The molecular weight excluding hydrogens is 451 g/mol.